The lowest BCUT2D eigenvalue weighted by molar-refractivity contribution is -0.508. The van der Waals surface area contributed by atoms with E-state index in [1.54, 1.807) is 50.8 Å². The Kier molecular flexibility index (Phi) is 14.1. The van der Waals surface area contributed by atoms with Crippen LogP contribution in [0, 0.1) is 19.8 Å². The Morgan fingerprint density at radius 2 is 1.72 bits per heavy atom. The Morgan fingerprint density at radius 1 is 1.00 bits per heavy atom. The molecule has 16 nitrogen and oxygen atoms in total. The van der Waals surface area contributed by atoms with E-state index in [0.717, 1.165) is 5.56 Å². The molecule has 0 aromatic heterocycles. The Morgan fingerprint density at radius 3 is 2.37 bits per heavy atom. The third-order valence-corrected chi connectivity index (χ3v) is 11.2. The molecule has 1 amide bonds. The van der Waals surface area contributed by atoms with Gasteiger partial charge in [0.25, 0.3) is 26.1 Å². The smallest absolute Gasteiger partial charge is 0.309 e. The minimum absolute atomic E-state index is 0.0203. The molecule has 57 heavy (non-hydrogen) atoms. The van der Waals surface area contributed by atoms with Gasteiger partial charge in [-0.1, -0.05) is 11.1 Å². The number of hydrogen-bond acceptors (Lipinski definition) is 13. The van der Waals surface area contributed by atoms with Gasteiger partial charge in [-0.2, -0.15) is 16.8 Å². The molecule has 0 atom stereocenters. The van der Waals surface area contributed by atoms with Crippen LogP contribution in [0.1, 0.15) is 67.9 Å². The highest BCUT2D eigenvalue weighted by atomic mass is 32.2. The molecule has 2 heterocycles. The number of aryl methyl sites for hydroxylation is 2. The molecule has 19 heteroatoms. The number of esters is 1. The summed E-state index contributed by atoms with van der Waals surface area (Å²) in [5.41, 5.74) is 2.40. The van der Waals surface area contributed by atoms with E-state index in [1.165, 1.54) is 18.2 Å². The Bertz CT molecular complexity index is 2380. The zero-order valence-corrected chi connectivity index (χ0v) is 34.8. The van der Waals surface area contributed by atoms with Crippen LogP contribution < -0.4 is 15.7 Å². The van der Waals surface area contributed by atoms with E-state index in [2.05, 4.69) is 32.6 Å². The van der Waals surface area contributed by atoms with Crippen molar-refractivity contribution in [3.05, 3.63) is 64.5 Å². The van der Waals surface area contributed by atoms with Crippen molar-refractivity contribution >= 4 is 61.7 Å². The summed E-state index contributed by atoms with van der Waals surface area (Å²) in [6, 6.07) is 11.2. The van der Waals surface area contributed by atoms with E-state index < -0.39 is 48.3 Å². The SMILES string of the molecule is Cc1cc2c(-c3c(C(=O)N4CCC(C(=O)OC(C)(C)C)CC4)cccc3S(=O)(=O)O)c3cc(C)c(=[NH+]CCCOOOS)cc-3oc2cc1NCCCS(=O)(=O)O. The topological polar surface area (TPSA) is 222 Å². The standard InChI is InChI=1S/C38H47N3O13S3/c1-23-19-27-31(21-29(23)39-13-7-17-50-53-54-55)51-32-22-30(40-14-8-18-56(44,45)46)24(2)20-28(32)34(27)35-26(9-6-10-33(35)57(47,48)49)36(42)41-15-11-25(12-16-41)37(43)52-38(3,4)5/h6,9-10,19-22,25,40,55H,7-8,11-18H2,1-5H3,(H,44,45,46)(H,47,48,49)/p+1. The maximum absolute atomic E-state index is 14.5. The van der Waals surface area contributed by atoms with Gasteiger partial charge in [-0.05, 0) is 83.7 Å². The molecule has 2 aromatic rings. The number of carbonyl (C=O) groups is 2. The van der Waals surface area contributed by atoms with Crippen LogP contribution in [-0.4, -0.2) is 86.9 Å². The van der Waals surface area contributed by atoms with E-state index >= 15 is 0 Å². The second-order valence-electron chi connectivity index (χ2n) is 14.9. The molecule has 1 aliphatic carbocycles. The molecule has 0 radical (unpaired) electrons. The van der Waals surface area contributed by atoms with Crippen molar-refractivity contribution in [3.63, 3.8) is 0 Å². The summed E-state index contributed by atoms with van der Waals surface area (Å²) in [4.78, 5) is 36.6. The number of nitrogens with one attached hydrogen (secondary N) is 2. The van der Waals surface area contributed by atoms with Crippen LogP contribution in [0.25, 0.3) is 33.4 Å². The lowest BCUT2D eigenvalue weighted by Crippen LogP contribution is -2.77. The molecule has 2 aromatic carbocycles. The summed E-state index contributed by atoms with van der Waals surface area (Å²) in [6.07, 6.45) is 1.33. The second kappa shape index (κ2) is 18.2. The largest absolute Gasteiger partial charge is 0.460 e. The first-order valence-corrected chi connectivity index (χ1v) is 21.7. The summed E-state index contributed by atoms with van der Waals surface area (Å²) >= 11 is 3.45. The van der Waals surface area contributed by atoms with Gasteiger partial charge in [0.2, 0.25) is 5.36 Å². The quantitative estimate of drug-likeness (QED) is 0.0167. The number of nitrogens with zero attached hydrogens (tertiary/aromatic N) is 1. The summed E-state index contributed by atoms with van der Waals surface area (Å²) < 4.78 is 85.1. The van der Waals surface area contributed by atoms with Gasteiger partial charge in [0.05, 0.1) is 24.3 Å². The lowest BCUT2D eigenvalue weighted by Gasteiger charge is -2.33. The highest BCUT2D eigenvalue weighted by Crippen LogP contribution is 2.45. The first-order chi connectivity index (χ1) is 26.8. The van der Waals surface area contributed by atoms with Crippen LogP contribution in [0.15, 0.2) is 51.8 Å². The van der Waals surface area contributed by atoms with Gasteiger partial charge in [-0.15, -0.1) is 4.33 Å². The van der Waals surface area contributed by atoms with Gasteiger partial charge < -0.3 is 19.4 Å². The summed E-state index contributed by atoms with van der Waals surface area (Å²) in [6.45, 7) is 10.3. The molecule has 0 unspecified atom stereocenters. The van der Waals surface area contributed by atoms with Crippen LogP contribution in [0.3, 0.4) is 0 Å². The van der Waals surface area contributed by atoms with Gasteiger partial charge in [-0.3, -0.25) is 18.7 Å². The number of carbonyl (C=O) groups excluding carboxylic acids is 2. The number of hydrogen-bond donors (Lipinski definition) is 5. The molecular weight excluding hydrogens is 803 g/mol. The van der Waals surface area contributed by atoms with Crippen LogP contribution in [0.5, 0.6) is 0 Å². The number of fused-ring (bicyclic) bond motifs is 2. The lowest BCUT2D eigenvalue weighted by atomic mass is 9.88. The van der Waals surface area contributed by atoms with Gasteiger partial charge >= 0.3 is 5.97 Å². The number of likely N-dealkylation sites (tertiary alicyclic amines) is 1. The van der Waals surface area contributed by atoms with Gasteiger partial charge in [0, 0.05) is 83.9 Å². The van der Waals surface area contributed by atoms with E-state index in [4.69, 9.17) is 14.0 Å². The van der Waals surface area contributed by atoms with Crippen LogP contribution in [0.2, 0.25) is 0 Å². The number of anilines is 1. The van der Waals surface area contributed by atoms with Gasteiger partial charge in [0.1, 0.15) is 28.4 Å². The number of thiol groups is 1. The number of piperidine rings is 1. The fourth-order valence-corrected chi connectivity index (χ4v) is 8.07. The van der Waals surface area contributed by atoms with Crippen molar-refractivity contribution in [1.82, 2.24) is 4.90 Å². The average Bonchev–Trinajstić information content (AvgIpc) is 3.12. The van der Waals surface area contributed by atoms with Crippen molar-refractivity contribution < 1.29 is 63.9 Å². The monoisotopic (exact) mass is 850 g/mol. The Labute approximate surface area is 336 Å². The predicted molar refractivity (Wildman–Crippen MR) is 212 cm³/mol. The zero-order chi connectivity index (χ0) is 41.7. The third kappa shape index (κ3) is 11.3. The second-order valence-corrected chi connectivity index (χ2v) is 18.0. The molecular formula is C38H48N3O13S3+. The van der Waals surface area contributed by atoms with Gasteiger partial charge in [0.15, 0.2) is 0 Å². The van der Waals surface area contributed by atoms with E-state index in [1.807, 2.05) is 13.0 Å². The molecule has 0 spiro atoms. The van der Waals surface area contributed by atoms with Crippen molar-refractivity contribution in [1.29, 1.82) is 0 Å². The number of ether oxygens (including phenoxy) is 1. The molecule has 4 N–H and O–H groups in total. The normalized spacial score (nSPS) is 14.7. The highest BCUT2D eigenvalue weighted by molar-refractivity contribution is 7.86. The number of amides is 1. The first kappa shape index (κ1) is 44.0. The van der Waals surface area contributed by atoms with Crippen molar-refractivity contribution in [2.75, 3.05) is 43.9 Å². The highest BCUT2D eigenvalue weighted by Gasteiger charge is 2.34. The summed E-state index contributed by atoms with van der Waals surface area (Å²) in [5, 5.41) is 8.62. The zero-order valence-electron chi connectivity index (χ0n) is 32.3. The predicted octanol–water partition coefficient (Wildman–Crippen LogP) is 4.05. The minimum atomic E-state index is -4.92. The van der Waals surface area contributed by atoms with Crippen LogP contribution >= 0.6 is 12.9 Å². The van der Waals surface area contributed by atoms with E-state index in [9.17, 15) is 35.5 Å². The number of benzene rings is 3. The van der Waals surface area contributed by atoms with Gasteiger partial charge in [-0.25, -0.2) is 9.88 Å². The fraction of sp³-hybridized carbons (Fsp3) is 0.447. The molecule has 3 aliphatic rings. The summed E-state index contributed by atoms with van der Waals surface area (Å²) in [7, 11) is -9.08. The van der Waals surface area contributed by atoms with Crippen molar-refractivity contribution in [2.24, 2.45) is 5.92 Å². The molecule has 5 rings (SSSR count). The Balaban J connectivity index is 1.68. The van der Waals surface area contributed by atoms with Crippen molar-refractivity contribution in [3.8, 4) is 22.5 Å². The number of rotatable bonds is 15. The van der Waals surface area contributed by atoms with E-state index in [0.29, 0.717) is 64.7 Å². The molecule has 1 saturated heterocycles. The average molecular weight is 851 g/mol. The maximum atomic E-state index is 14.5. The minimum Gasteiger partial charge on any atom is -0.460 e. The molecule has 0 saturated carbocycles. The molecule has 2 aliphatic heterocycles. The Hall–Kier alpha value is -4.08. The first-order valence-electron chi connectivity index (χ1n) is 18.3. The van der Waals surface area contributed by atoms with E-state index in [-0.39, 0.29) is 55.3 Å². The third-order valence-electron chi connectivity index (χ3n) is 9.41. The molecule has 1 fully saturated rings. The fourth-order valence-electron chi connectivity index (χ4n) is 6.79. The van der Waals surface area contributed by atoms with Crippen LogP contribution in [0.4, 0.5) is 5.69 Å². The molecule has 0 bridgehead atoms. The van der Waals surface area contributed by atoms with Crippen molar-refractivity contribution in [2.45, 2.75) is 70.8 Å². The molecule has 310 valence electrons. The van der Waals surface area contributed by atoms with Crippen LogP contribution in [-0.2, 0) is 44.0 Å². The maximum Gasteiger partial charge on any atom is 0.309 e. The summed E-state index contributed by atoms with van der Waals surface area (Å²) in [5.74, 6) is -1.36.